The first-order chi connectivity index (χ1) is 10.3. The molecule has 0 fully saturated rings. The minimum absolute atomic E-state index is 0.0117. The van der Waals surface area contributed by atoms with Gasteiger partial charge in [0, 0.05) is 5.02 Å². The number of nitro benzene ring substituents is 1. The smallest absolute Gasteiger partial charge is 0.344 e. The zero-order valence-electron chi connectivity index (χ0n) is 11.0. The molecule has 0 aliphatic heterocycles. The van der Waals surface area contributed by atoms with Crippen LogP contribution in [0.3, 0.4) is 0 Å². The maximum atomic E-state index is 11.8. The number of esters is 1. The van der Waals surface area contributed by atoms with Crippen LogP contribution in [-0.4, -0.2) is 29.4 Å². The number of hydrogen-bond donors (Lipinski definition) is 1. The van der Waals surface area contributed by atoms with E-state index in [0.29, 0.717) is 0 Å². The molecule has 0 saturated heterocycles. The van der Waals surface area contributed by atoms with Crippen molar-refractivity contribution < 1.29 is 19.2 Å². The van der Waals surface area contributed by atoms with Gasteiger partial charge in [-0.25, -0.2) is 4.79 Å². The SMILES string of the molecule is CCOC(=O)C(N=O)C(=O)Nc1cc(Cl)cc(Cl)c1[N+](=O)[O-]. The monoisotopic (exact) mass is 349 g/mol. The molecule has 1 rings (SSSR count). The standard InChI is InChI=1S/C11H9Cl2N3O6/c1-2-22-11(18)8(15-19)10(17)14-7-4-5(12)3-6(13)9(7)16(20)21/h3-4,8H,2H2,1H3,(H,14,17). The Morgan fingerprint density at radius 3 is 2.59 bits per heavy atom. The van der Waals surface area contributed by atoms with E-state index in [1.54, 1.807) is 0 Å². The van der Waals surface area contributed by atoms with Crippen molar-refractivity contribution in [1.29, 1.82) is 0 Å². The average Bonchev–Trinajstić information content (AvgIpc) is 2.38. The molecule has 1 aromatic rings. The molecule has 1 unspecified atom stereocenters. The van der Waals surface area contributed by atoms with Crippen molar-refractivity contribution in [2.24, 2.45) is 5.18 Å². The molecule has 0 radical (unpaired) electrons. The number of nitroso groups, excluding NO2 is 1. The van der Waals surface area contributed by atoms with Gasteiger partial charge in [-0.15, -0.1) is 4.91 Å². The molecule has 0 bridgehead atoms. The van der Waals surface area contributed by atoms with E-state index in [2.05, 4.69) is 9.91 Å². The van der Waals surface area contributed by atoms with Crippen molar-refractivity contribution in [3.63, 3.8) is 0 Å². The van der Waals surface area contributed by atoms with Crippen molar-refractivity contribution in [2.45, 2.75) is 13.0 Å². The zero-order valence-corrected chi connectivity index (χ0v) is 12.6. The minimum atomic E-state index is -2.00. The lowest BCUT2D eigenvalue weighted by molar-refractivity contribution is -0.383. The average molecular weight is 350 g/mol. The fraction of sp³-hybridized carbons (Fsp3) is 0.273. The van der Waals surface area contributed by atoms with Gasteiger partial charge in [-0.3, -0.25) is 14.9 Å². The number of rotatable bonds is 6. The topological polar surface area (TPSA) is 128 Å². The number of carbonyl (C=O) groups is 2. The van der Waals surface area contributed by atoms with E-state index < -0.39 is 28.5 Å². The highest BCUT2D eigenvalue weighted by Crippen LogP contribution is 2.35. The molecule has 118 valence electrons. The number of halogens is 2. The summed E-state index contributed by atoms with van der Waals surface area (Å²) in [7, 11) is 0. The molecule has 0 aliphatic rings. The van der Waals surface area contributed by atoms with Crippen LogP contribution in [-0.2, 0) is 14.3 Å². The van der Waals surface area contributed by atoms with Gasteiger partial charge in [0.15, 0.2) is 0 Å². The summed E-state index contributed by atoms with van der Waals surface area (Å²) in [6.07, 6.45) is 0. The summed E-state index contributed by atoms with van der Waals surface area (Å²) in [5.41, 5.74) is -1.00. The first kappa shape index (κ1) is 17.8. The lowest BCUT2D eigenvalue weighted by Crippen LogP contribution is -2.34. The van der Waals surface area contributed by atoms with Crippen LogP contribution in [0.1, 0.15) is 6.92 Å². The number of carbonyl (C=O) groups excluding carboxylic acids is 2. The van der Waals surface area contributed by atoms with Crippen LogP contribution in [0.2, 0.25) is 10.0 Å². The van der Waals surface area contributed by atoms with Crippen molar-refractivity contribution in [3.05, 3.63) is 37.2 Å². The Balaban J connectivity index is 3.13. The van der Waals surface area contributed by atoms with E-state index >= 15 is 0 Å². The number of ether oxygens (including phenoxy) is 1. The maximum absolute atomic E-state index is 11.8. The highest BCUT2D eigenvalue weighted by atomic mass is 35.5. The molecule has 1 amide bonds. The third kappa shape index (κ3) is 4.12. The van der Waals surface area contributed by atoms with Gasteiger partial charge >= 0.3 is 11.7 Å². The molecular weight excluding hydrogens is 341 g/mol. The van der Waals surface area contributed by atoms with Crippen LogP contribution in [0.25, 0.3) is 0 Å². The second kappa shape index (κ2) is 7.66. The summed E-state index contributed by atoms with van der Waals surface area (Å²) in [4.78, 5) is 44.0. The summed E-state index contributed by atoms with van der Waals surface area (Å²) < 4.78 is 4.50. The number of amides is 1. The summed E-state index contributed by atoms with van der Waals surface area (Å²) in [5, 5.41) is 15.0. The molecule has 1 N–H and O–H groups in total. The van der Waals surface area contributed by atoms with E-state index in [1.165, 1.54) is 6.92 Å². The molecule has 11 heteroatoms. The van der Waals surface area contributed by atoms with Crippen molar-refractivity contribution in [1.82, 2.24) is 0 Å². The summed E-state index contributed by atoms with van der Waals surface area (Å²) in [5.74, 6) is -2.37. The van der Waals surface area contributed by atoms with E-state index in [4.69, 9.17) is 23.2 Å². The fourth-order valence-corrected chi connectivity index (χ4v) is 2.03. The Morgan fingerprint density at radius 1 is 1.45 bits per heavy atom. The van der Waals surface area contributed by atoms with Gasteiger partial charge in [0.1, 0.15) is 10.7 Å². The van der Waals surface area contributed by atoms with Crippen molar-refractivity contribution >= 4 is 46.5 Å². The largest absolute Gasteiger partial charge is 0.464 e. The Kier molecular flexibility index (Phi) is 6.20. The van der Waals surface area contributed by atoms with Gasteiger partial charge in [0.05, 0.1) is 11.5 Å². The van der Waals surface area contributed by atoms with E-state index in [1.807, 2.05) is 5.32 Å². The molecule has 1 atom stereocenters. The number of benzene rings is 1. The third-order valence-corrected chi connectivity index (χ3v) is 2.84. The van der Waals surface area contributed by atoms with Crippen LogP contribution >= 0.6 is 23.2 Å². The van der Waals surface area contributed by atoms with Crippen molar-refractivity contribution in [3.8, 4) is 0 Å². The molecule has 0 aliphatic carbocycles. The molecule has 22 heavy (non-hydrogen) atoms. The summed E-state index contributed by atoms with van der Waals surface area (Å²) >= 11 is 11.4. The van der Waals surface area contributed by atoms with Crippen LogP contribution in [0.15, 0.2) is 17.3 Å². The predicted octanol–water partition coefficient (Wildman–Crippen LogP) is 2.54. The Labute approximate surface area is 133 Å². The fourth-order valence-electron chi connectivity index (χ4n) is 1.47. The van der Waals surface area contributed by atoms with Crippen LogP contribution in [0, 0.1) is 15.0 Å². The Hall–Kier alpha value is -2.26. The number of hydrogen-bond acceptors (Lipinski definition) is 7. The van der Waals surface area contributed by atoms with Gasteiger partial charge in [-0.1, -0.05) is 23.2 Å². The zero-order chi connectivity index (χ0) is 16.9. The quantitative estimate of drug-likeness (QED) is 0.276. The molecule has 0 spiro atoms. The van der Waals surface area contributed by atoms with E-state index in [9.17, 15) is 24.6 Å². The van der Waals surface area contributed by atoms with Crippen LogP contribution in [0.5, 0.6) is 0 Å². The molecular formula is C11H9Cl2N3O6. The summed E-state index contributed by atoms with van der Waals surface area (Å²) in [6, 6.07) is 0.158. The van der Waals surface area contributed by atoms with Crippen molar-refractivity contribution in [2.75, 3.05) is 11.9 Å². The molecule has 0 heterocycles. The number of nitrogens with zero attached hydrogens (tertiary/aromatic N) is 2. The van der Waals surface area contributed by atoms with Crippen LogP contribution < -0.4 is 5.32 Å². The number of anilines is 1. The molecule has 0 aromatic heterocycles. The van der Waals surface area contributed by atoms with Gasteiger partial charge in [0.2, 0.25) is 0 Å². The normalized spacial score (nSPS) is 11.4. The number of nitrogens with one attached hydrogen (secondary N) is 1. The Morgan fingerprint density at radius 2 is 2.09 bits per heavy atom. The van der Waals surface area contributed by atoms with Gasteiger partial charge in [0.25, 0.3) is 11.9 Å². The second-order valence-electron chi connectivity index (χ2n) is 3.79. The van der Waals surface area contributed by atoms with Gasteiger partial charge in [-0.05, 0) is 24.2 Å². The lowest BCUT2D eigenvalue weighted by Gasteiger charge is -2.10. The van der Waals surface area contributed by atoms with Gasteiger partial charge < -0.3 is 10.1 Å². The summed E-state index contributed by atoms with van der Waals surface area (Å²) in [6.45, 7) is 1.40. The van der Waals surface area contributed by atoms with Gasteiger partial charge in [-0.2, -0.15) is 0 Å². The molecule has 1 aromatic carbocycles. The molecule has 0 saturated carbocycles. The third-order valence-electron chi connectivity index (χ3n) is 2.33. The second-order valence-corrected chi connectivity index (χ2v) is 4.63. The first-order valence-corrected chi connectivity index (χ1v) is 6.50. The lowest BCUT2D eigenvalue weighted by atomic mass is 10.2. The Bertz CT molecular complexity index is 636. The first-order valence-electron chi connectivity index (χ1n) is 5.75. The molecule has 9 nitrogen and oxygen atoms in total. The maximum Gasteiger partial charge on any atom is 0.344 e. The highest BCUT2D eigenvalue weighted by Gasteiger charge is 2.31. The van der Waals surface area contributed by atoms with E-state index in [-0.39, 0.29) is 22.3 Å². The van der Waals surface area contributed by atoms with Crippen LogP contribution in [0.4, 0.5) is 11.4 Å². The van der Waals surface area contributed by atoms with E-state index in [0.717, 1.165) is 12.1 Å². The number of nitro groups is 1. The highest BCUT2D eigenvalue weighted by molar-refractivity contribution is 6.37. The predicted molar refractivity (Wildman–Crippen MR) is 78.0 cm³/mol. The minimum Gasteiger partial charge on any atom is -0.464 e.